The van der Waals surface area contributed by atoms with Crippen LogP contribution in [-0.2, 0) is 4.57 Å². The molecule has 0 spiro atoms. The number of carbonyl (C=O) groups excluding carboxylic acids is 1. The van der Waals surface area contributed by atoms with Gasteiger partial charge in [0, 0.05) is 0 Å². The lowest BCUT2D eigenvalue weighted by Crippen LogP contribution is -2.18. The van der Waals surface area contributed by atoms with Crippen LogP contribution in [0, 0.1) is 0 Å². The van der Waals surface area contributed by atoms with E-state index < -0.39 is 22.5 Å². The van der Waals surface area contributed by atoms with Crippen molar-refractivity contribution in [2.75, 3.05) is 0 Å². The first kappa shape index (κ1) is 18.5. The topological polar surface area (TPSA) is 208 Å². The third kappa shape index (κ3) is 11400. The van der Waals surface area contributed by atoms with Crippen LogP contribution in [0.25, 0.3) is 0 Å². The predicted molar refractivity (Wildman–Crippen MR) is 41.6 cm³/mol. The zero-order valence-corrected chi connectivity index (χ0v) is 7.84. The lowest BCUT2D eigenvalue weighted by molar-refractivity contribution is 0.256. The van der Waals surface area contributed by atoms with E-state index in [4.69, 9.17) is 38.7 Å². The highest BCUT2D eigenvalue weighted by molar-refractivity contribution is 7.45. The molecule has 0 bridgehead atoms. The Kier molecular flexibility index (Phi) is 13.9. The van der Waals surface area contributed by atoms with Gasteiger partial charge in [-0.1, -0.05) is 0 Å². The van der Waals surface area contributed by atoms with Crippen LogP contribution in [0.5, 0.6) is 0 Å². The molecule has 0 atom stereocenters. The molecule has 0 radical (unpaired) electrons. The molecule has 12 heteroatoms. The van der Waals surface area contributed by atoms with E-state index in [-0.39, 0.29) is 0 Å². The standard InChI is InChI=1S/CH4N2O.H3O4P.H3O3P/c2-1(3)4;1-5(2,3)4;1-4(2)3/h(H4,2,3,4);(H3,1,2,3,4);1-3H. The average molecular weight is 240 g/mol. The van der Waals surface area contributed by atoms with Crippen molar-refractivity contribution in [1.82, 2.24) is 0 Å². The summed E-state index contributed by atoms with van der Waals surface area (Å²) < 4.78 is 8.88. The molecule has 2 amide bonds. The Morgan fingerprint density at radius 1 is 1.08 bits per heavy atom. The Hall–Kier alpha value is -0.310. The Bertz CT molecular complexity index is 149. The highest BCUT2D eigenvalue weighted by Crippen LogP contribution is 2.25. The van der Waals surface area contributed by atoms with Gasteiger partial charge >= 0.3 is 22.5 Å². The molecular formula is CH10N2O8P2. The molecule has 10 N–H and O–H groups in total. The van der Waals surface area contributed by atoms with Crippen molar-refractivity contribution in [1.29, 1.82) is 0 Å². The van der Waals surface area contributed by atoms with Gasteiger partial charge in [0.05, 0.1) is 0 Å². The maximum atomic E-state index is 9.00. The van der Waals surface area contributed by atoms with Crippen LogP contribution in [0.2, 0.25) is 0 Å². The molecule has 0 aliphatic rings. The number of hydrogen-bond acceptors (Lipinski definition) is 5. The molecule has 0 rings (SSSR count). The van der Waals surface area contributed by atoms with E-state index in [9.17, 15) is 0 Å². The van der Waals surface area contributed by atoms with Gasteiger partial charge in [0.2, 0.25) is 0 Å². The molecule has 0 fully saturated rings. The number of urea groups is 1. The van der Waals surface area contributed by atoms with Gasteiger partial charge in [-0.05, 0) is 0 Å². The van der Waals surface area contributed by atoms with Crippen molar-refractivity contribution in [3.8, 4) is 0 Å². The van der Waals surface area contributed by atoms with E-state index >= 15 is 0 Å². The Morgan fingerprint density at radius 2 is 1.08 bits per heavy atom. The molecule has 13 heavy (non-hydrogen) atoms. The third-order valence-electron chi connectivity index (χ3n) is 0. The Balaban J connectivity index is -0.000000117. The average Bonchev–Trinajstić information content (AvgIpc) is 1.50. The normalized spacial score (nSPS) is 9.15. The van der Waals surface area contributed by atoms with Crippen LogP contribution in [0.4, 0.5) is 4.79 Å². The highest BCUT2D eigenvalue weighted by atomic mass is 31.2. The number of nitrogens with two attached hydrogens (primary N) is 2. The second-order valence-corrected chi connectivity index (χ2v) is 2.75. The van der Waals surface area contributed by atoms with Gasteiger partial charge in [0.25, 0.3) is 0 Å². The van der Waals surface area contributed by atoms with E-state index in [2.05, 4.69) is 11.5 Å². The molecule has 0 aliphatic heterocycles. The number of phosphoric acid groups is 1. The van der Waals surface area contributed by atoms with Crippen molar-refractivity contribution in [3.05, 3.63) is 0 Å². The number of hydrogen-bond donors (Lipinski definition) is 8. The van der Waals surface area contributed by atoms with Gasteiger partial charge in [-0.2, -0.15) is 0 Å². The lowest BCUT2D eigenvalue weighted by atomic mass is 11.2. The SMILES string of the molecule is NC(N)=O.O=P(O)(O)O.OP(O)O. The molecule has 0 unspecified atom stereocenters. The number of carbonyl (C=O) groups is 1. The quantitative estimate of drug-likeness (QED) is 0.208. The number of primary amides is 2. The second-order valence-electron chi connectivity index (χ2n) is 1.18. The van der Waals surface area contributed by atoms with Crippen molar-refractivity contribution in [2.45, 2.75) is 0 Å². The summed E-state index contributed by atoms with van der Waals surface area (Å²) in [7, 11) is -7.26. The first-order valence-corrected chi connectivity index (χ1v) is 4.93. The largest absolute Gasteiger partial charge is 0.466 e. The van der Waals surface area contributed by atoms with Crippen molar-refractivity contribution in [3.63, 3.8) is 0 Å². The van der Waals surface area contributed by atoms with Gasteiger partial charge in [-0.25, -0.2) is 9.36 Å². The monoisotopic (exact) mass is 240 g/mol. The summed E-state index contributed by atoms with van der Waals surface area (Å²) in [6.45, 7) is 0. The Labute approximate surface area is 73.7 Å². The van der Waals surface area contributed by atoms with Crippen LogP contribution in [-0.4, -0.2) is 35.4 Å². The van der Waals surface area contributed by atoms with Crippen molar-refractivity contribution < 1.29 is 38.7 Å². The molecular weight excluding hydrogens is 230 g/mol. The number of rotatable bonds is 0. The molecule has 0 aromatic carbocycles. The maximum absolute atomic E-state index is 9.00. The molecule has 0 aromatic heterocycles. The fourth-order valence-electron chi connectivity index (χ4n) is 0. The molecule has 82 valence electrons. The van der Waals surface area contributed by atoms with E-state index in [1.165, 1.54) is 0 Å². The molecule has 0 saturated carbocycles. The van der Waals surface area contributed by atoms with Crippen LogP contribution < -0.4 is 11.5 Å². The summed E-state index contributed by atoms with van der Waals surface area (Å²) in [6, 6.07) is -0.833. The van der Waals surface area contributed by atoms with Gasteiger partial charge in [-0.15, -0.1) is 0 Å². The molecule has 0 aromatic rings. The minimum atomic E-state index is -4.64. The van der Waals surface area contributed by atoms with Crippen molar-refractivity contribution >= 4 is 22.5 Å². The van der Waals surface area contributed by atoms with E-state index in [1.54, 1.807) is 0 Å². The fourth-order valence-corrected chi connectivity index (χ4v) is 0. The van der Waals surface area contributed by atoms with Crippen LogP contribution >= 0.6 is 16.4 Å². The molecule has 0 saturated heterocycles. The van der Waals surface area contributed by atoms with E-state index in [1.807, 2.05) is 0 Å². The summed E-state index contributed by atoms with van der Waals surface area (Å²) >= 11 is 0. The first-order chi connectivity index (χ1) is 5.46. The Morgan fingerprint density at radius 3 is 1.08 bits per heavy atom. The first-order valence-electron chi connectivity index (χ1n) is 2.16. The fraction of sp³-hybridized carbons (Fsp3) is 0. The lowest BCUT2D eigenvalue weighted by Gasteiger charge is -1.82. The second kappa shape index (κ2) is 9.78. The van der Waals surface area contributed by atoms with E-state index in [0.29, 0.717) is 0 Å². The predicted octanol–water partition coefficient (Wildman–Crippen LogP) is -2.71. The van der Waals surface area contributed by atoms with E-state index in [0.717, 1.165) is 0 Å². The smallest absolute Gasteiger partial charge is 0.352 e. The van der Waals surface area contributed by atoms with Crippen LogP contribution in [0.1, 0.15) is 0 Å². The summed E-state index contributed by atoms with van der Waals surface area (Å²) in [5.74, 6) is 0. The third-order valence-corrected chi connectivity index (χ3v) is 0. The van der Waals surface area contributed by atoms with Gasteiger partial charge in [0.1, 0.15) is 0 Å². The van der Waals surface area contributed by atoms with Crippen LogP contribution in [0.3, 0.4) is 0 Å². The van der Waals surface area contributed by atoms with Gasteiger partial charge in [0.15, 0.2) is 0 Å². The summed E-state index contributed by atoms with van der Waals surface area (Å²) in [4.78, 5) is 52.3. The highest BCUT2D eigenvalue weighted by Gasteiger charge is 2.00. The summed E-state index contributed by atoms with van der Waals surface area (Å²) in [6.07, 6.45) is 0. The summed E-state index contributed by atoms with van der Waals surface area (Å²) in [5, 5.41) is 0. The maximum Gasteiger partial charge on any atom is 0.466 e. The van der Waals surface area contributed by atoms with Gasteiger partial charge in [-0.3, -0.25) is 0 Å². The molecule has 10 nitrogen and oxygen atoms in total. The number of amides is 2. The van der Waals surface area contributed by atoms with Gasteiger partial charge < -0.3 is 40.8 Å². The summed E-state index contributed by atoms with van der Waals surface area (Å²) in [5.41, 5.74) is 8.50. The minimum Gasteiger partial charge on any atom is -0.352 e. The minimum absolute atomic E-state index is 0.833. The zero-order valence-electron chi connectivity index (χ0n) is 6.05. The van der Waals surface area contributed by atoms with Crippen LogP contribution in [0.15, 0.2) is 0 Å². The molecule has 0 aliphatic carbocycles. The van der Waals surface area contributed by atoms with Crippen molar-refractivity contribution in [2.24, 2.45) is 11.5 Å². The molecule has 0 heterocycles. The zero-order chi connectivity index (χ0) is 11.7.